The molecular formula is C17H24FN3O3. The summed E-state index contributed by atoms with van der Waals surface area (Å²) in [6, 6.07) is 3.94. The van der Waals surface area contributed by atoms with E-state index in [1.54, 1.807) is 0 Å². The van der Waals surface area contributed by atoms with Crippen molar-refractivity contribution < 1.29 is 18.8 Å². The van der Waals surface area contributed by atoms with Crippen LogP contribution >= 0.6 is 0 Å². The molecule has 0 bridgehead atoms. The molecule has 1 rings (SSSR count). The van der Waals surface area contributed by atoms with Gasteiger partial charge in [-0.05, 0) is 24.6 Å². The minimum Gasteiger partial charge on any atom is -0.356 e. The number of amides is 3. The molecule has 1 aromatic rings. The smallest absolute Gasteiger partial charge is 0.225 e. The number of nitrogens with one attached hydrogen (secondary N) is 3. The van der Waals surface area contributed by atoms with Gasteiger partial charge in [0.05, 0.1) is 5.69 Å². The summed E-state index contributed by atoms with van der Waals surface area (Å²) in [4.78, 5) is 34.5. The second-order valence-corrected chi connectivity index (χ2v) is 6.53. The van der Waals surface area contributed by atoms with Crippen LogP contribution < -0.4 is 16.0 Å². The van der Waals surface area contributed by atoms with Crippen molar-refractivity contribution in [3.05, 3.63) is 24.0 Å². The molecule has 0 fully saturated rings. The second-order valence-electron chi connectivity index (χ2n) is 6.53. The van der Waals surface area contributed by atoms with E-state index < -0.39 is 17.1 Å². The van der Waals surface area contributed by atoms with Crippen molar-refractivity contribution in [1.29, 1.82) is 0 Å². The number of anilines is 2. The third-order valence-corrected chi connectivity index (χ3v) is 3.11. The minimum atomic E-state index is -0.576. The number of halogens is 1. The summed E-state index contributed by atoms with van der Waals surface area (Å²) in [5.74, 6) is -1.29. The van der Waals surface area contributed by atoms with Crippen LogP contribution in [0.15, 0.2) is 18.2 Å². The fourth-order valence-corrected chi connectivity index (χ4v) is 1.83. The molecule has 0 aliphatic carbocycles. The summed E-state index contributed by atoms with van der Waals surface area (Å²) < 4.78 is 13.5. The molecule has 0 unspecified atom stereocenters. The molecule has 6 nitrogen and oxygen atoms in total. The van der Waals surface area contributed by atoms with E-state index in [-0.39, 0.29) is 23.9 Å². The molecule has 0 saturated carbocycles. The molecule has 0 aromatic heterocycles. The van der Waals surface area contributed by atoms with Gasteiger partial charge in [-0.1, -0.05) is 20.8 Å². The highest BCUT2D eigenvalue weighted by Gasteiger charge is 2.20. The number of hydrogen-bond acceptors (Lipinski definition) is 3. The second kappa shape index (κ2) is 8.42. The molecule has 0 atom stereocenters. The van der Waals surface area contributed by atoms with Gasteiger partial charge < -0.3 is 16.0 Å². The first-order valence-corrected chi connectivity index (χ1v) is 7.75. The zero-order valence-corrected chi connectivity index (χ0v) is 14.5. The van der Waals surface area contributed by atoms with E-state index in [2.05, 4.69) is 16.0 Å². The Hall–Kier alpha value is -2.44. The average molecular weight is 337 g/mol. The predicted octanol–water partition coefficient (Wildman–Crippen LogP) is 2.67. The number of carbonyl (C=O) groups excluding carboxylic acids is 3. The van der Waals surface area contributed by atoms with Gasteiger partial charge in [-0.15, -0.1) is 0 Å². The molecule has 0 aliphatic heterocycles. The maximum absolute atomic E-state index is 13.5. The van der Waals surface area contributed by atoms with Crippen LogP contribution in [0.1, 0.15) is 40.5 Å². The van der Waals surface area contributed by atoms with Crippen LogP contribution in [-0.4, -0.2) is 24.3 Å². The van der Waals surface area contributed by atoms with E-state index >= 15 is 0 Å². The van der Waals surface area contributed by atoms with Gasteiger partial charge in [-0.3, -0.25) is 14.4 Å². The zero-order chi connectivity index (χ0) is 18.3. The van der Waals surface area contributed by atoms with Crippen molar-refractivity contribution >= 4 is 29.1 Å². The molecule has 0 spiro atoms. The number of carbonyl (C=O) groups is 3. The lowest BCUT2D eigenvalue weighted by Crippen LogP contribution is -2.35. The van der Waals surface area contributed by atoms with Crippen LogP contribution in [0.3, 0.4) is 0 Å². The van der Waals surface area contributed by atoms with Gasteiger partial charge in [-0.25, -0.2) is 4.39 Å². The van der Waals surface area contributed by atoms with Gasteiger partial charge in [0.15, 0.2) is 0 Å². The molecule has 3 N–H and O–H groups in total. The molecule has 0 saturated heterocycles. The standard InChI is InChI=1S/C17H24FN3O3/c1-11(22)20-14-10-12(7-8-13(14)18)21-15(23)6-5-9-19-16(24)17(2,3)4/h7-8,10H,5-6,9H2,1-4H3,(H,19,24)(H,20,22)(H,21,23). The van der Waals surface area contributed by atoms with Gasteiger partial charge in [0.2, 0.25) is 17.7 Å². The first kappa shape index (κ1) is 19.6. The molecule has 7 heteroatoms. The molecule has 132 valence electrons. The molecule has 1 aromatic carbocycles. The van der Waals surface area contributed by atoms with Gasteiger partial charge in [0, 0.05) is 31.0 Å². The predicted molar refractivity (Wildman–Crippen MR) is 91.0 cm³/mol. The van der Waals surface area contributed by atoms with E-state index in [9.17, 15) is 18.8 Å². The Morgan fingerprint density at radius 1 is 1.12 bits per heavy atom. The highest BCUT2D eigenvalue weighted by molar-refractivity contribution is 5.93. The summed E-state index contributed by atoms with van der Waals surface area (Å²) in [5, 5.41) is 7.75. The van der Waals surface area contributed by atoms with Crippen LogP contribution in [0.4, 0.5) is 15.8 Å². The summed E-state index contributed by atoms with van der Waals surface area (Å²) in [6.45, 7) is 7.13. The van der Waals surface area contributed by atoms with E-state index in [0.29, 0.717) is 18.7 Å². The van der Waals surface area contributed by atoms with Crippen LogP contribution in [-0.2, 0) is 14.4 Å². The highest BCUT2D eigenvalue weighted by Crippen LogP contribution is 2.20. The Morgan fingerprint density at radius 3 is 2.38 bits per heavy atom. The van der Waals surface area contributed by atoms with Gasteiger partial charge in [-0.2, -0.15) is 0 Å². The van der Waals surface area contributed by atoms with E-state index in [1.165, 1.54) is 25.1 Å². The lowest BCUT2D eigenvalue weighted by molar-refractivity contribution is -0.128. The van der Waals surface area contributed by atoms with Gasteiger partial charge in [0.25, 0.3) is 0 Å². The lowest BCUT2D eigenvalue weighted by atomic mass is 9.96. The van der Waals surface area contributed by atoms with E-state index in [4.69, 9.17) is 0 Å². The summed E-state index contributed by atoms with van der Waals surface area (Å²) >= 11 is 0. The Labute approximate surface area is 141 Å². The quantitative estimate of drug-likeness (QED) is 0.698. The minimum absolute atomic E-state index is 0.0118. The molecular weight excluding hydrogens is 313 g/mol. The van der Waals surface area contributed by atoms with Crippen molar-refractivity contribution in [3.63, 3.8) is 0 Å². The average Bonchev–Trinajstić information content (AvgIpc) is 2.45. The van der Waals surface area contributed by atoms with Crippen molar-refractivity contribution in [3.8, 4) is 0 Å². The molecule has 24 heavy (non-hydrogen) atoms. The summed E-state index contributed by atoms with van der Waals surface area (Å²) in [7, 11) is 0. The maximum Gasteiger partial charge on any atom is 0.225 e. The van der Waals surface area contributed by atoms with Crippen LogP contribution in [0.2, 0.25) is 0 Å². The highest BCUT2D eigenvalue weighted by atomic mass is 19.1. The fraction of sp³-hybridized carbons (Fsp3) is 0.471. The van der Waals surface area contributed by atoms with Crippen molar-refractivity contribution in [2.45, 2.75) is 40.5 Å². The third-order valence-electron chi connectivity index (χ3n) is 3.11. The SMILES string of the molecule is CC(=O)Nc1cc(NC(=O)CCCNC(=O)C(C)(C)C)ccc1F. The summed E-state index contributed by atoms with van der Waals surface area (Å²) in [5.41, 5.74) is -0.0575. The van der Waals surface area contributed by atoms with Crippen LogP contribution in [0.5, 0.6) is 0 Å². The molecule has 0 heterocycles. The molecule has 3 amide bonds. The Morgan fingerprint density at radius 2 is 1.79 bits per heavy atom. The van der Waals surface area contributed by atoms with Gasteiger partial charge in [0.1, 0.15) is 5.82 Å². The molecule has 0 radical (unpaired) electrons. The van der Waals surface area contributed by atoms with Crippen LogP contribution in [0.25, 0.3) is 0 Å². The normalized spacial score (nSPS) is 10.9. The van der Waals surface area contributed by atoms with Crippen molar-refractivity contribution in [2.75, 3.05) is 17.2 Å². The Kier molecular flexibility index (Phi) is 6.88. The largest absolute Gasteiger partial charge is 0.356 e. The fourth-order valence-electron chi connectivity index (χ4n) is 1.83. The van der Waals surface area contributed by atoms with Crippen LogP contribution in [0, 0.1) is 11.2 Å². The monoisotopic (exact) mass is 337 g/mol. The Balaban J connectivity index is 2.45. The lowest BCUT2D eigenvalue weighted by Gasteiger charge is -2.17. The Bertz CT molecular complexity index is 624. The van der Waals surface area contributed by atoms with Crippen molar-refractivity contribution in [1.82, 2.24) is 5.32 Å². The van der Waals surface area contributed by atoms with Gasteiger partial charge >= 0.3 is 0 Å². The van der Waals surface area contributed by atoms with Crippen molar-refractivity contribution in [2.24, 2.45) is 5.41 Å². The number of benzene rings is 1. The first-order valence-electron chi connectivity index (χ1n) is 7.75. The third kappa shape index (κ3) is 6.76. The number of rotatable bonds is 6. The first-order chi connectivity index (χ1) is 11.1. The topological polar surface area (TPSA) is 87.3 Å². The maximum atomic E-state index is 13.5. The summed E-state index contributed by atoms with van der Waals surface area (Å²) in [6.07, 6.45) is 0.713. The zero-order valence-electron chi connectivity index (χ0n) is 14.5. The molecule has 0 aliphatic rings. The van der Waals surface area contributed by atoms with E-state index in [0.717, 1.165) is 0 Å². The van der Waals surface area contributed by atoms with E-state index in [1.807, 2.05) is 20.8 Å². The number of hydrogen-bond donors (Lipinski definition) is 3.